The van der Waals surface area contributed by atoms with Gasteiger partial charge in [-0.1, -0.05) is 19.9 Å². The SMILES string of the molecule is COc1cccc(N2CCC(C)(C)C(CCO)C2)c1. The van der Waals surface area contributed by atoms with Crippen LogP contribution in [-0.2, 0) is 0 Å². The molecule has 19 heavy (non-hydrogen) atoms. The van der Waals surface area contributed by atoms with E-state index in [-0.39, 0.29) is 6.61 Å². The molecule has 0 amide bonds. The van der Waals surface area contributed by atoms with Crippen LogP contribution in [0.2, 0.25) is 0 Å². The zero-order chi connectivity index (χ0) is 13.9. The molecule has 1 N–H and O–H groups in total. The largest absolute Gasteiger partial charge is 0.497 e. The smallest absolute Gasteiger partial charge is 0.120 e. The molecule has 1 aliphatic heterocycles. The molecular weight excluding hydrogens is 238 g/mol. The standard InChI is InChI=1S/C16H25NO2/c1-16(2)8-9-17(12-13(16)7-10-18)14-5-4-6-15(11-14)19-3/h4-6,11,13,18H,7-10,12H2,1-3H3. The van der Waals surface area contributed by atoms with Crippen molar-refractivity contribution in [2.75, 3.05) is 31.7 Å². The molecule has 1 aliphatic rings. The first-order chi connectivity index (χ1) is 9.06. The summed E-state index contributed by atoms with van der Waals surface area (Å²) in [5.74, 6) is 1.44. The first kappa shape index (κ1) is 14.2. The van der Waals surface area contributed by atoms with Gasteiger partial charge in [-0.3, -0.25) is 0 Å². The molecule has 2 rings (SSSR count). The molecular formula is C16H25NO2. The number of ether oxygens (including phenoxy) is 1. The van der Waals surface area contributed by atoms with Crippen molar-refractivity contribution in [2.24, 2.45) is 11.3 Å². The predicted molar refractivity (Wildman–Crippen MR) is 78.8 cm³/mol. The minimum Gasteiger partial charge on any atom is -0.497 e. The number of nitrogens with zero attached hydrogens (tertiary/aromatic N) is 1. The number of benzene rings is 1. The Balaban J connectivity index is 2.13. The number of methoxy groups -OCH3 is 1. The van der Waals surface area contributed by atoms with E-state index >= 15 is 0 Å². The van der Waals surface area contributed by atoms with Gasteiger partial charge in [0, 0.05) is 31.5 Å². The van der Waals surface area contributed by atoms with Crippen molar-refractivity contribution in [2.45, 2.75) is 26.7 Å². The first-order valence-corrected chi connectivity index (χ1v) is 7.06. The quantitative estimate of drug-likeness (QED) is 0.906. The number of rotatable bonds is 4. The van der Waals surface area contributed by atoms with Gasteiger partial charge in [0.25, 0.3) is 0 Å². The number of piperidine rings is 1. The number of hydrogen-bond donors (Lipinski definition) is 1. The van der Waals surface area contributed by atoms with Gasteiger partial charge in [0.1, 0.15) is 5.75 Å². The van der Waals surface area contributed by atoms with Crippen LogP contribution in [0.1, 0.15) is 26.7 Å². The molecule has 1 atom stereocenters. The third kappa shape index (κ3) is 3.21. The summed E-state index contributed by atoms with van der Waals surface area (Å²) >= 11 is 0. The van der Waals surface area contributed by atoms with Gasteiger partial charge in [-0.25, -0.2) is 0 Å². The molecule has 0 bridgehead atoms. The first-order valence-electron chi connectivity index (χ1n) is 7.06. The molecule has 0 radical (unpaired) electrons. The van der Waals surface area contributed by atoms with Crippen molar-refractivity contribution in [3.63, 3.8) is 0 Å². The highest BCUT2D eigenvalue weighted by Gasteiger charge is 2.35. The maximum Gasteiger partial charge on any atom is 0.120 e. The summed E-state index contributed by atoms with van der Waals surface area (Å²) in [4.78, 5) is 2.41. The number of anilines is 1. The van der Waals surface area contributed by atoms with Gasteiger partial charge in [0.05, 0.1) is 7.11 Å². The van der Waals surface area contributed by atoms with Crippen LogP contribution in [-0.4, -0.2) is 31.9 Å². The van der Waals surface area contributed by atoms with Gasteiger partial charge in [-0.2, -0.15) is 0 Å². The average Bonchev–Trinajstić information content (AvgIpc) is 2.41. The molecule has 1 unspecified atom stereocenters. The average molecular weight is 263 g/mol. The van der Waals surface area contributed by atoms with E-state index in [9.17, 15) is 5.11 Å². The second-order valence-electron chi connectivity index (χ2n) is 6.10. The number of hydrogen-bond acceptors (Lipinski definition) is 3. The van der Waals surface area contributed by atoms with E-state index < -0.39 is 0 Å². The molecule has 1 aromatic rings. The molecule has 1 aromatic carbocycles. The lowest BCUT2D eigenvalue weighted by Crippen LogP contribution is -2.45. The second kappa shape index (κ2) is 5.83. The molecule has 0 aliphatic carbocycles. The van der Waals surface area contributed by atoms with Gasteiger partial charge < -0.3 is 14.7 Å². The van der Waals surface area contributed by atoms with Crippen LogP contribution in [0.5, 0.6) is 5.75 Å². The lowest BCUT2D eigenvalue weighted by molar-refractivity contribution is 0.132. The van der Waals surface area contributed by atoms with Crippen molar-refractivity contribution >= 4 is 5.69 Å². The van der Waals surface area contributed by atoms with Crippen LogP contribution < -0.4 is 9.64 Å². The van der Waals surface area contributed by atoms with Gasteiger partial charge in [-0.15, -0.1) is 0 Å². The molecule has 0 spiro atoms. The van der Waals surface area contributed by atoms with E-state index in [0.29, 0.717) is 11.3 Å². The van der Waals surface area contributed by atoms with E-state index in [4.69, 9.17) is 4.74 Å². The van der Waals surface area contributed by atoms with Crippen molar-refractivity contribution in [3.8, 4) is 5.75 Å². The summed E-state index contributed by atoms with van der Waals surface area (Å²) < 4.78 is 5.29. The Morgan fingerprint density at radius 1 is 1.42 bits per heavy atom. The van der Waals surface area contributed by atoms with Crippen LogP contribution in [0.15, 0.2) is 24.3 Å². The van der Waals surface area contributed by atoms with Gasteiger partial charge in [-0.05, 0) is 36.3 Å². The maximum atomic E-state index is 9.25. The third-order valence-electron chi connectivity index (χ3n) is 4.47. The van der Waals surface area contributed by atoms with Crippen LogP contribution in [0, 0.1) is 11.3 Å². The van der Waals surface area contributed by atoms with E-state index in [1.54, 1.807) is 7.11 Å². The Bertz CT molecular complexity index is 417. The fraction of sp³-hybridized carbons (Fsp3) is 0.625. The molecule has 3 heteroatoms. The minimum atomic E-state index is 0.278. The molecule has 0 aromatic heterocycles. The fourth-order valence-electron chi connectivity index (χ4n) is 2.91. The highest BCUT2D eigenvalue weighted by molar-refractivity contribution is 5.51. The summed E-state index contributed by atoms with van der Waals surface area (Å²) in [6, 6.07) is 8.24. The lowest BCUT2D eigenvalue weighted by atomic mass is 9.72. The van der Waals surface area contributed by atoms with E-state index in [2.05, 4.69) is 30.9 Å². The van der Waals surface area contributed by atoms with Gasteiger partial charge >= 0.3 is 0 Å². The summed E-state index contributed by atoms with van der Waals surface area (Å²) in [5, 5.41) is 9.25. The van der Waals surface area contributed by atoms with Crippen molar-refractivity contribution < 1.29 is 9.84 Å². The monoisotopic (exact) mass is 263 g/mol. The Hall–Kier alpha value is -1.22. The Morgan fingerprint density at radius 3 is 2.89 bits per heavy atom. The van der Waals surface area contributed by atoms with Gasteiger partial charge in [0.2, 0.25) is 0 Å². The molecule has 3 nitrogen and oxygen atoms in total. The highest BCUT2D eigenvalue weighted by Crippen LogP contribution is 2.39. The second-order valence-corrected chi connectivity index (χ2v) is 6.10. The number of aliphatic hydroxyl groups is 1. The summed E-state index contributed by atoms with van der Waals surface area (Å²) in [6.07, 6.45) is 2.04. The van der Waals surface area contributed by atoms with Crippen molar-refractivity contribution in [1.29, 1.82) is 0 Å². The molecule has 106 valence electrons. The Labute approximate surface area is 116 Å². The van der Waals surface area contributed by atoms with Crippen LogP contribution in [0.4, 0.5) is 5.69 Å². The van der Waals surface area contributed by atoms with E-state index in [0.717, 1.165) is 31.7 Å². The molecule has 1 fully saturated rings. The molecule has 1 saturated heterocycles. The number of aliphatic hydroxyl groups excluding tert-OH is 1. The van der Waals surface area contributed by atoms with Crippen molar-refractivity contribution in [3.05, 3.63) is 24.3 Å². The summed E-state index contributed by atoms with van der Waals surface area (Å²) in [5.41, 5.74) is 1.54. The Morgan fingerprint density at radius 2 is 2.21 bits per heavy atom. The van der Waals surface area contributed by atoms with Crippen LogP contribution in [0.3, 0.4) is 0 Å². The normalized spacial score (nSPS) is 22.3. The fourth-order valence-corrected chi connectivity index (χ4v) is 2.91. The molecule has 1 heterocycles. The molecule has 0 saturated carbocycles. The zero-order valence-corrected chi connectivity index (χ0v) is 12.2. The minimum absolute atomic E-state index is 0.278. The topological polar surface area (TPSA) is 32.7 Å². The zero-order valence-electron chi connectivity index (χ0n) is 12.2. The summed E-state index contributed by atoms with van der Waals surface area (Å²) in [6.45, 7) is 7.00. The lowest BCUT2D eigenvalue weighted by Gasteiger charge is -2.45. The van der Waals surface area contributed by atoms with Crippen LogP contribution >= 0.6 is 0 Å². The predicted octanol–water partition coefficient (Wildman–Crippen LogP) is 2.93. The Kier molecular flexibility index (Phi) is 4.35. The van der Waals surface area contributed by atoms with Crippen molar-refractivity contribution in [1.82, 2.24) is 0 Å². The van der Waals surface area contributed by atoms with E-state index in [1.807, 2.05) is 12.1 Å². The summed E-state index contributed by atoms with van der Waals surface area (Å²) in [7, 11) is 1.70. The van der Waals surface area contributed by atoms with Gasteiger partial charge in [0.15, 0.2) is 0 Å². The highest BCUT2D eigenvalue weighted by atomic mass is 16.5. The third-order valence-corrected chi connectivity index (χ3v) is 4.47. The van der Waals surface area contributed by atoms with E-state index in [1.165, 1.54) is 5.69 Å². The maximum absolute atomic E-state index is 9.25. The van der Waals surface area contributed by atoms with Crippen LogP contribution in [0.25, 0.3) is 0 Å².